The molecule has 0 aromatic carbocycles. The highest BCUT2D eigenvalue weighted by Crippen LogP contribution is 2.20. The summed E-state index contributed by atoms with van der Waals surface area (Å²) in [7, 11) is 3.60. The van der Waals surface area contributed by atoms with Crippen molar-refractivity contribution in [1.29, 1.82) is 0 Å². The second kappa shape index (κ2) is 6.00. The van der Waals surface area contributed by atoms with Crippen LogP contribution in [-0.2, 0) is 4.79 Å². The topological polar surface area (TPSA) is 45.2 Å². The standard InChI is InChI=1S/C12H18BrN3O/c1-8-5-10(13)6-15-11(8)16(4)7-9(2)12(17)14-3/h5-6,9H,7H2,1-4H3,(H,14,17)/t9-/m1/s1. The Balaban J connectivity index is 2.76. The number of aromatic nitrogens is 1. The van der Waals surface area contributed by atoms with Crippen LogP contribution in [-0.4, -0.2) is 31.5 Å². The molecule has 0 aliphatic heterocycles. The van der Waals surface area contributed by atoms with Gasteiger partial charge in [-0.1, -0.05) is 6.92 Å². The molecule has 0 aliphatic rings. The number of rotatable bonds is 4. The summed E-state index contributed by atoms with van der Waals surface area (Å²) in [5.74, 6) is 0.894. The zero-order valence-corrected chi connectivity index (χ0v) is 12.2. The molecule has 0 aliphatic carbocycles. The summed E-state index contributed by atoms with van der Waals surface area (Å²) < 4.78 is 0.964. The molecular weight excluding hydrogens is 282 g/mol. The number of anilines is 1. The molecule has 4 nitrogen and oxygen atoms in total. The molecule has 0 saturated carbocycles. The van der Waals surface area contributed by atoms with E-state index in [1.54, 1.807) is 13.2 Å². The summed E-state index contributed by atoms with van der Waals surface area (Å²) in [5.41, 5.74) is 1.09. The van der Waals surface area contributed by atoms with Gasteiger partial charge in [0.25, 0.3) is 0 Å². The van der Waals surface area contributed by atoms with Crippen LogP contribution in [0.15, 0.2) is 16.7 Å². The minimum atomic E-state index is -0.0603. The van der Waals surface area contributed by atoms with Gasteiger partial charge in [-0.05, 0) is 34.5 Å². The Morgan fingerprint density at radius 2 is 2.29 bits per heavy atom. The largest absolute Gasteiger partial charge is 0.359 e. The minimum absolute atomic E-state index is 0.0478. The first-order valence-corrected chi connectivity index (χ1v) is 6.30. The molecule has 1 aromatic heterocycles. The Labute approximate surface area is 111 Å². The molecule has 0 spiro atoms. The Hall–Kier alpha value is -1.10. The van der Waals surface area contributed by atoms with Crippen LogP contribution in [0, 0.1) is 12.8 Å². The summed E-state index contributed by atoms with van der Waals surface area (Å²) in [6, 6.07) is 2.02. The summed E-state index contributed by atoms with van der Waals surface area (Å²) in [4.78, 5) is 17.8. The number of carbonyl (C=O) groups excluding carboxylic acids is 1. The zero-order chi connectivity index (χ0) is 13.0. The molecule has 0 unspecified atom stereocenters. The van der Waals surface area contributed by atoms with Crippen LogP contribution in [0.3, 0.4) is 0 Å². The third kappa shape index (κ3) is 3.70. The molecular formula is C12H18BrN3O. The van der Waals surface area contributed by atoms with Gasteiger partial charge < -0.3 is 10.2 Å². The molecule has 0 fully saturated rings. The fourth-order valence-corrected chi connectivity index (χ4v) is 2.21. The lowest BCUT2D eigenvalue weighted by Gasteiger charge is -2.23. The normalized spacial score (nSPS) is 12.1. The minimum Gasteiger partial charge on any atom is -0.359 e. The maximum absolute atomic E-state index is 11.5. The van der Waals surface area contributed by atoms with Gasteiger partial charge in [0, 0.05) is 31.3 Å². The lowest BCUT2D eigenvalue weighted by Crippen LogP contribution is -2.34. The molecule has 5 heteroatoms. The van der Waals surface area contributed by atoms with Crippen molar-refractivity contribution in [3.05, 3.63) is 22.3 Å². The lowest BCUT2D eigenvalue weighted by atomic mass is 10.1. The second-order valence-electron chi connectivity index (χ2n) is 4.19. The molecule has 1 atom stereocenters. The number of aryl methyl sites for hydroxylation is 1. The smallest absolute Gasteiger partial charge is 0.224 e. The predicted octanol–water partition coefficient (Wildman–Crippen LogP) is 1.97. The maximum Gasteiger partial charge on any atom is 0.224 e. The number of nitrogens with zero attached hydrogens (tertiary/aromatic N) is 2. The Kier molecular flexibility index (Phi) is 4.93. The van der Waals surface area contributed by atoms with Gasteiger partial charge in [0.1, 0.15) is 5.82 Å². The van der Waals surface area contributed by atoms with E-state index in [1.165, 1.54) is 0 Å². The van der Waals surface area contributed by atoms with Crippen molar-refractivity contribution in [3.63, 3.8) is 0 Å². The van der Waals surface area contributed by atoms with Gasteiger partial charge in [-0.2, -0.15) is 0 Å². The fourth-order valence-electron chi connectivity index (χ4n) is 1.76. The van der Waals surface area contributed by atoms with Crippen LogP contribution in [0.2, 0.25) is 0 Å². The fraction of sp³-hybridized carbons (Fsp3) is 0.500. The third-order valence-electron chi connectivity index (χ3n) is 2.62. The van der Waals surface area contributed by atoms with Crippen molar-refractivity contribution in [1.82, 2.24) is 10.3 Å². The van der Waals surface area contributed by atoms with Crippen LogP contribution >= 0.6 is 15.9 Å². The van der Waals surface area contributed by atoms with E-state index in [9.17, 15) is 4.79 Å². The van der Waals surface area contributed by atoms with Crippen molar-refractivity contribution >= 4 is 27.7 Å². The van der Waals surface area contributed by atoms with Crippen molar-refractivity contribution in [3.8, 4) is 0 Å². The second-order valence-corrected chi connectivity index (χ2v) is 5.11. The Morgan fingerprint density at radius 1 is 1.65 bits per heavy atom. The van der Waals surface area contributed by atoms with E-state index in [-0.39, 0.29) is 11.8 Å². The van der Waals surface area contributed by atoms with Gasteiger partial charge in [-0.3, -0.25) is 4.79 Å². The van der Waals surface area contributed by atoms with Crippen LogP contribution in [0.25, 0.3) is 0 Å². The van der Waals surface area contributed by atoms with Crippen LogP contribution in [0.1, 0.15) is 12.5 Å². The van der Waals surface area contributed by atoms with E-state index in [0.29, 0.717) is 6.54 Å². The maximum atomic E-state index is 11.5. The number of halogens is 1. The number of carbonyl (C=O) groups is 1. The molecule has 94 valence electrons. The average molecular weight is 300 g/mol. The first-order valence-electron chi connectivity index (χ1n) is 5.50. The lowest BCUT2D eigenvalue weighted by molar-refractivity contribution is -0.123. The molecule has 0 bridgehead atoms. The Morgan fingerprint density at radius 3 is 2.82 bits per heavy atom. The number of hydrogen-bond donors (Lipinski definition) is 1. The molecule has 1 rings (SSSR count). The van der Waals surface area contributed by atoms with Crippen molar-refractivity contribution in [2.45, 2.75) is 13.8 Å². The average Bonchev–Trinajstić information content (AvgIpc) is 2.27. The molecule has 1 heterocycles. The number of nitrogens with one attached hydrogen (secondary N) is 1. The summed E-state index contributed by atoms with van der Waals surface area (Å²) in [6.45, 7) is 4.56. The quantitative estimate of drug-likeness (QED) is 0.924. The van der Waals surface area contributed by atoms with Gasteiger partial charge in [0.2, 0.25) is 5.91 Å². The van der Waals surface area contributed by atoms with Crippen LogP contribution in [0.5, 0.6) is 0 Å². The first kappa shape index (κ1) is 14.0. The summed E-state index contributed by atoms with van der Waals surface area (Å²) in [6.07, 6.45) is 1.77. The van der Waals surface area contributed by atoms with E-state index >= 15 is 0 Å². The van der Waals surface area contributed by atoms with Crippen molar-refractivity contribution in [2.24, 2.45) is 5.92 Å². The molecule has 1 aromatic rings. The van der Waals surface area contributed by atoms with Gasteiger partial charge in [-0.25, -0.2) is 4.98 Å². The predicted molar refractivity (Wildman–Crippen MR) is 73.2 cm³/mol. The molecule has 1 N–H and O–H groups in total. The highest BCUT2D eigenvalue weighted by atomic mass is 79.9. The number of pyridine rings is 1. The zero-order valence-electron chi connectivity index (χ0n) is 10.6. The molecule has 17 heavy (non-hydrogen) atoms. The van der Waals surface area contributed by atoms with Crippen LogP contribution in [0.4, 0.5) is 5.82 Å². The monoisotopic (exact) mass is 299 g/mol. The summed E-state index contributed by atoms with van der Waals surface area (Å²) in [5, 5.41) is 2.65. The van der Waals surface area contributed by atoms with E-state index in [0.717, 1.165) is 15.9 Å². The van der Waals surface area contributed by atoms with Crippen molar-refractivity contribution < 1.29 is 4.79 Å². The van der Waals surface area contributed by atoms with E-state index in [4.69, 9.17) is 0 Å². The highest BCUT2D eigenvalue weighted by Gasteiger charge is 2.15. The first-order chi connectivity index (χ1) is 7.95. The highest BCUT2D eigenvalue weighted by molar-refractivity contribution is 9.10. The van der Waals surface area contributed by atoms with Gasteiger partial charge >= 0.3 is 0 Å². The Bertz CT molecular complexity index is 409. The van der Waals surface area contributed by atoms with E-state index < -0.39 is 0 Å². The molecule has 0 saturated heterocycles. The SMILES string of the molecule is CNC(=O)[C@H](C)CN(C)c1ncc(Br)cc1C. The van der Waals surface area contributed by atoms with E-state index in [1.807, 2.05) is 31.9 Å². The number of hydrogen-bond acceptors (Lipinski definition) is 3. The molecule has 1 amide bonds. The van der Waals surface area contributed by atoms with Crippen molar-refractivity contribution in [2.75, 3.05) is 25.5 Å². The summed E-state index contributed by atoms with van der Waals surface area (Å²) >= 11 is 3.39. The third-order valence-corrected chi connectivity index (χ3v) is 3.05. The van der Waals surface area contributed by atoms with Gasteiger partial charge in [0.05, 0.1) is 5.92 Å². The van der Waals surface area contributed by atoms with E-state index in [2.05, 4.69) is 26.2 Å². The molecule has 0 radical (unpaired) electrons. The number of amides is 1. The van der Waals surface area contributed by atoms with Crippen LogP contribution < -0.4 is 10.2 Å². The van der Waals surface area contributed by atoms with Gasteiger partial charge in [-0.15, -0.1) is 0 Å². The van der Waals surface area contributed by atoms with Gasteiger partial charge in [0.15, 0.2) is 0 Å².